The van der Waals surface area contributed by atoms with Crippen LogP contribution in [0.3, 0.4) is 0 Å². The van der Waals surface area contributed by atoms with Crippen molar-refractivity contribution in [2.45, 2.75) is 31.5 Å². The van der Waals surface area contributed by atoms with Crippen LogP contribution in [0.2, 0.25) is 0 Å². The third kappa shape index (κ3) is 4.42. The maximum atomic E-state index is 12.6. The molecule has 30 heavy (non-hydrogen) atoms. The summed E-state index contributed by atoms with van der Waals surface area (Å²) in [6.07, 6.45) is -0.351. The number of halogens is 3. The van der Waals surface area contributed by atoms with Crippen LogP contribution in [0.1, 0.15) is 36.6 Å². The second-order valence-corrected chi connectivity index (χ2v) is 7.75. The van der Waals surface area contributed by atoms with Gasteiger partial charge in [-0.25, -0.2) is 0 Å². The van der Waals surface area contributed by atoms with Gasteiger partial charge in [-0.05, 0) is 54.5 Å². The number of aromatic nitrogens is 2. The average molecular weight is 417 g/mol. The van der Waals surface area contributed by atoms with E-state index in [0.717, 1.165) is 17.5 Å². The minimum atomic E-state index is -4.40. The number of nitrogens with one attached hydrogen (secondary N) is 1. The van der Waals surface area contributed by atoms with Gasteiger partial charge < -0.3 is 14.6 Å². The van der Waals surface area contributed by atoms with Gasteiger partial charge in [0.05, 0.1) is 17.9 Å². The van der Waals surface area contributed by atoms with E-state index in [4.69, 9.17) is 0 Å². The van der Waals surface area contributed by atoms with Gasteiger partial charge in [0.15, 0.2) is 6.61 Å². The molecule has 3 aromatic rings. The van der Waals surface area contributed by atoms with Crippen LogP contribution in [-0.4, -0.2) is 28.2 Å². The molecule has 158 valence electrons. The summed E-state index contributed by atoms with van der Waals surface area (Å²) in [5.41, 5.74) is 2.86. The van der Waals surface area contributed by atoms with Gasteiger partial charge in [0.25, 0.3) is 0 Å². The fourth-order valence-corrected chi connectivity index (χ4v) is 3.66. The van der Waals surface area contributed by atoms with E-state index in [1.54, 1.807) is 13.0 Å². The molecule has 1 unspecified atom stereocenters. The number of nitrogens with zero attached hydrogens (tertiary/aromatic N) is 2. The van der Waals surface area contributed by atoms with E-state index in [0.29, 0.717) is 5.69 Å². The molecule has 8 heteroatoms. The third-order valence-corrected chi connectivity index (χ3v) is 5.43. The number of hydrogen-bond acceptors (Lipinski definition) is 3. The van der Waals surface area contributed by atoms with Crippen LogP contribution < -0.4 is 10.1 Å². The van der Waals surface area contributed by atoms with Crippen molar-refractivity contribution in [2.24, 2.45) is 13.0 Å². The number of ether oxygens (including phenoxy) is 1. The van der Waals surface area contributed by atoms with Crippen molar-refractivity contribution in [3.05, 3.63) is 60.0 Å². The second kappa shape index (κ2) is 7.66. The predicted molar refractivity (Wildman–Crippen MR) is 106 cm³/mol. The normalized spacial score (nSPS) is 19.5. The number of benzene rings is 1. The number of aryl methyl sites for hydroxylation is 1. The lowest BCUT2D eigenvalue weighted by Crippen LogP contribution is -2.29. The number of amides is 1. The summed E-state index contributed by atoms with van der Waals surface area (Å²) >= 11 is 0. The Kier molecular flexibility index (Phi) is 5.17. The van der Waals surface area contributed by atoms with Crippen molar-refractivity contribution < 1.29 is 22.7 Å². The fraction of sp³-hybridized carbons (Fsp3) is 0.364. The number of carbonyl (C=O) groups is 1. The van der Waals surface area contributed by atoms with Gasteiger partial charge in [0.2, 0.25) is 5.91 Å². The zero-order valence-corrected chi connectivity index (χ0v) is 16.6. The van der Waals surface area contributed by atoms with Gasteiger partial charge in [0.1, 0.15) is 5.75 Å². The molecule has 1 aliphatic carbocycles. The van der Waals surface area contributed by atoms with Gasteiger partial charge in [-0.15, -0.1) is 0 Å². The number of rotatable bonds is 6. The van der Waals surface area contributed by atoms with Gasteiger partial charge >= 0.3 is 6.18 Å². The van der Waals surface area contributed by atoms with E-state index >= 15 is 0 Å². The molecular formula is C22H22F3N3O2. The van der Waals surface area contributed by atoms with Crippen molar-refractivity contribution >= 4 is 16.8 Å². The molecule has 4 rings (SSSR count). The molecule has 0 aliphatic heterocycles. The van der Waals surface area contributed by atoms with E-state index < -0.39 is 12.8 Å². The molecule has 1 aromatic carbocycles. The van der Waals surface area contributed by atoms with Crippen molar-refractivity contribution in [3.63, 3.8) is 0 Å². The molecule has 3 atom stereocenters. The van der Waals surface area contributed by atoms with Crippen LogP contribution >= 0.6 is 0 Å². The van der Waals surface area contributed by atoms with Crippen molar-refractivity contribution in [3.8, 4) is 5.75 Å². The van der Waals surface area contributed by atoms with E-state index in [-0.39, 0.29) is 29.5 Å². The summed E-state index contributed by atoms with van der Waals surface area (Å²) in [4.78, 5) is 16.8. The molecule has 0 radical (unpaired) electrons. The topological polar surface area (TPSA) is 56.2 Å². The standard InChI is InChI=1S/C22H22F3N3O2/c1-13(19-6-5-16(11-26-19)30-12-22(23,24)25)27-21(29)18-10-17(18)15-4-3-14-7-8-28(2)20(14)9-15/h3-9,11,13,17-18H,10,12H2,1-2H3,(H,27,29)/t13?,17-,18+/m0/s1. The van der Waals surface area contributed by atoms with Gasteiger partial charge in [-0.2, -0.15) is 13.2 Å². The first-order valence-corrected chi connectivity index (χ1v) is 9.72. The molecule has 1 aliphatic rings. The van der Waals surface area contributed by atoms with Crippen LogP contribution in [0.25, 0.3) is 10.9 Å². The van der Waals surface area contributed by atoms with Crippen molar-refractivity contribution in [1.29, 1.82) is 0 Å². The lowest BCUT2D eigenvalue weighted by atomic mass is 10.1. The monoisotopic (exact) mass is 417 g/mol. The molecule has 2 aromatic heterocycles. The lowest BCUT2D eigenvalue weighted by Gasteiger charge is -2.14. The summed E-state index contributed by atoms with van der Waals surface area (Å²) in [7, 11) is 2.00. The number of fused-ring (bicyclic) bond motifs is 1. The molecule has 0 saturated heterocycles. The van der Waals surface area contributed by atoms with Crippen LogP contribution in [0.15, 0.2) is 48.8 Å². The highest BCUT2D eigenvalue weighted by atomic mass is 19.4. The van der Waals surface area contributed by atoms with Crippen molar-refractivity contribution in [2.75, 3.05) is 6.61 Å². The Balaban J connectivity index is 1.34. The summed E-state index contributed by atoms with van der Waals surface area (Å²) in [6, 6.07) is 11.0. The average Bonchev–Trinajstić information content (AvgIpc) is 3.43. The quantitative estimate of drug-likeness (QED) is 0.643. The summed E-state index contributed by atoms with van der Waals surface area (Å²) in [6.45, 7) is 0.432. The first-order valence-electron chi connectivity index (χ1n) is 9.72. The molecule has 0 bridgehead atoms. The molecule has 1 fully saturated rings. The van der Waals surface area contributed by atoms with Gasteiger partial charge in [-0.3, -0.25) is 9.78 Å². The smallest absolute Gasteiger partial charge is 0.422 e. The minimum absolute atomic E-state index is 0.0351. The Morgan fingerprint density at radius 3 is 2.80 bits per heavy atom. The predicted octanol–water partition coefficient (Wildman–Crippen LogP) is 4.50. The van der Waals surface area contributed by atoms with Crippen LogP contribution in [0, 0.1) is 5.92 Å². The molecular weight excluding hydrogens is 395 g/mol. The Hall–Kier alpha value is -3.03. The lowest BCUT2D eigenvalue weighted by molar-refractivity contribution is -0.153. The highest BCUT2D eigenvalue weighted by Gasteiger charge is 2.44. The molecule has 1 saturated carbocycles. The fourth-order valence-electron chi connectivity index (χ4n) is 3.66. The number of hydrogen-bond donors (Lipinski definition) is 1. The van der Waals surface area contributed by atoms with Gasteiger partial charge in [-0.1, -0.05) is 12.1 Å². The molecule has 2 heterocycles. The zero-order chi connectivity index (χ0) is 21.5. The first kappa shape index (κ1) is 20.3. The second-order valence-electron chi connectivity index (χ2n) is 7.75. The molecule has 5 nitrogen and oxygen atoms in total. The Morgan fingerprint density at radius 1 is 1.30 bits per heavy atom. The highest BCUT2D eigenvalue weighted by Crippen LogP contribution is 2.48. The highest BCUT2D eigenvalue weighted by molar-refractivity contribution is 5.85. The van der Waals surface area contributed by atoms with E-state index in [9.17, 15) is 18.0 Å². The zero-order valence-electron chi connectivity index (χ0n) is 16.6. The number of carbonyl (C=O) groups excluding carboxylic acids is 1. The summed E-state index contributed by atoms with van der Waals surface area (Å²) in [5, 5.41) is 4.12. The summed E-state index contributed by atoms with van der Waals surface area (Å²) < 4.78 is 43.4. The maximum Gasteiger partial charge on any atom is 0.422 e. The SMILES string of the molecule is CC(NC(=O)[C@@H]1C[C@H]1c1ccc2ccn(C)c2c1)c1ccc(OCC(F)(F)F)cn1. The number of alkyl halides is 3. The minimum Gasteiger partial charge on any atom is -0.483 e. The Labute approximate surface area is 171 Å². The summed E-state index contributed by atoms with van der Waals surface area (Å²) in [5.74, 6) is 0.105. The Morgan fingerprint density at radius 2 is 2.10 bits per heavy atom. The van der Waals surface area contributed by atoms with Gasteiger partial charge in [0, 0.05) is 24.7 Å². The van der Waals surface area contributed by atoms with Crippen LogP contribution in [-0.2, 0) is 11.8 Å². The molecule has 0 spiro atoms. The van der Waals surface area contributed by atoms with E-state index in [1.807, 2.05) is 13.2 Å². The van der Waals surface area contributed by atoms with E-state index in [2.05, 4.69) is 43.9 Å². The molecule has 1 N–H and O–H groups in total. The van der Waals surface area contributed by atoms with Crippen molar-refractivity contribution in [1.82, 2.24) is 14.9 Å². The van der Waals surface area contributed by atoms with Crippen LogP contribution in [0.5, 0.6) is 5.75 Å². The first-order chi connectivity index (χ1) is 14.2. The number of pyridine rings is 1. The molecule has 1 amide bonds. The van der Waals surface area contributed by atoms with Crippen LogP contribution in [0.4, 0.5) is 13.2 Å². The maximum absolute atomic E-state index is 12.6. The third-order valence-electron chi connectivity index (χ3n) is 5.43. The largest absolute Gasteiger partial charge is 0.483 e. The van der Waals surface area contributed by atoms with E-state index in [1.165, 1.54) is 17.6 Å². The Bertz CT molecular complexity index is 1060.